The first-order valence-corrected chi connectivity index (χ1v) is 5.57. The summed E-state index contributed by atoms with van der Waals surface area (Å²) in [6.45, 7) is 1.52. The maximum absolute atomic E-state index is 12.1. The summed E-state index contributed by atoms with van der Waals surface area (Å²) in [6.07, 6.45) is -0.846. The van der Waals surface area contributed by atoms with Crippen molar-refractivity contribution >= 4 is 16.6 Å². The third kappa shape index (κ3) is 2.20. The molecule has 0 fully saturated rings. The van der Waals surface area contributed by atoms with Gasteiger partial charge in [-0.2, -0.15) is 0 Å². The lowest BCUT2D eigenvalue weighted by Crippen LogP contribution is -2.40. The summed E-state index contributed by atoms with van der Waals surface area (Å²) in [7, 11) is 0. The third-order valence-electron chi connectivity index (χ3n) is 2.88. The van der Waals surface area contributed by atoms with Gasteiger partial charge in [-0.3, -0.25) is 4.79 Å². The van der Waals surface area contributed by atoms with Crippen LogP contribution in [-0.2, 0) is 0 Å². The summed E-state index contributed by atoms with van der Waals surface area (Å²) < 4.78 is 0. The fourth-order valence-corrected chi connectivity index (χ4v) is 1.84. The van der Waals surface area contributed by atoms with Crippen molar-refractivity contribution in [2.45, 2.75) is 19.1 Å². The Hall–Kier alpha value is -1.71. The molecule has 3 heteroatoms. The van der Waals surface area contributed by atoms with Crippen LogP contribution in [0.4, 0.5) is 0 Å². The Labute approximate surface area is 99.9 Å². The second kappa shape index (κ2) is 4.65. The van der Waals surface area contributed by atoms with Gasteiger partial charge in [0.15, 0.2) is 5.78 Å². The standard InChI is InChI=1S/C14H15NO2/c1-9(16)13(15)14(17)12-8-4-6-10-5-2-3-7-11(10)12/h2-9,13,16H,15H2,1H3/t9-,13+/m1/s1. The highest BCUT2D eigenvalue weighted by atomic mass is 16.3. The molecule has 0 aliphatic rings. The van der Waals surface area contributed by atoms with Crippen molar-refractivity contribution in [3.8, 4) is 0 Å². The zero-order valence-corrected chi connectivity index (χ0v) is 9.63. The predicted molar refractivity (Wildman–Crippen MR) is 67.9 cm³/mol. The van der Waals surface area contributed by atoms with Crippen LogP contribution in [0.1, 0.15) is 17.3 Å². The molecule has 0 amide bonds. The lowest BCUT2D eigenvalue weighted by molar-refractivity contribution is 0.0849. The van der Waals surface area contributed by atoms with Crippen LogP contribution in [0.3, 0.4) is 0 Å². The molecule has 17 heavy (non-hydrogen) atoms. The fraction of sp³-hybridized carbons (Fsp3) is 0.214. The molecule has 3 nitrogen and oxygen atoms in total. The van der Waals surface area contributed by atoms with Crippen LogP contribution in [0.15, 0.2) is 42.5 Å². The van der Waals surface area contributed by atoms with Gasteiger partial charge in [0.25, 0.3) is 0 Å². The van der Waals surface area contributed by atoms with Gasteiger partial charge in [-0.1, -0.05) is 42.5 Å². The Morgan fingerprint density at radius 3 is 2.53 bits per heavy atom. The number of carbonyl (C=O) groups excluding carboxylic acids is 1. The molecule has 0 bridgehead atoms. The Bertz CT molecular complexity index is 543. The van der Waals surface area contributed by atoms with Crippen LogP contribution in [0, 0.1) is 0 Å². The molecule has 2 atom stereocenters. The highest BCUT2D eigenvalue weighted by molar-refractivity contribution is 6.10. The molecule has 0 aromatic heterocycles. The lowest BCUT2D eigenvalue weighted by atomic mass is 9.96. The molecule has 2 aromatic rings. The van der Waals surface area contributed by atoms with Crippen LogP contribution < -0.4 is 5.73 Å². The van der Waals surface area contributed by atoms with Gasteiger partial charge in [0.2, 0.25) is 0 Å². The van der Waals surface area contributed by atoms with Gasteiger partial charge in [0.1, 0.15) is 0 Å². The van der Waals surface area contributed by atoms with Crippen LogP contribution in [0.25, 0.3) is 10.8 Å². The number of fused-ring (bicyclic) bond motifs is 1. The minimum atomic E-state index is -0.874. The van der Waals surface area contributed by atoms with E-state index in [0.717, 1.165) is 10.8 Å². The summed E-state index contributed by atoms with van der Waals surface area (Å²) in [4.78, 5) is 12.1. The normalized spacial score (nSPS) is 14.5. The van der Waals surface area contributed by atoms with Gasteiger partial charge in [-0.15, -0.1) is 0 Å². The topological polar surface area (TPSA) is 63.3 Å². The first-order chi connectivity index (χ1) is 8.11. The Balaban J connectivity index is 2.52. The van der Waals surface area contributed by atoms with Crippen molar-refractivity contribution in [2.75, 3.05) is 0 Å². The Morgan fingerprint density at radius 2 is 1.82 bits per heavy atom. The number of hydrogen-bond acceptors (Lipinski definition) is 3. The fourth-order valence-electron chi connectivity index (χ4n) is 1.84. The van der Waals surface area contributed by atoms with Crippen molar-refractivity contribution in [3.05, 3.63) is 48.0 Å². The summed E-state index contributed by atoms with van der Waals surface area (Å²) >= 11 is 0. The first kappa shape index (κ1) is 11.8. The van der Waals surface area contributed by atoms with E-state index in [2.05, 4.69) is 0 Å². The van der Waals surface area contributed by atoms with E-state index in [-0.39, 0.29) is 5.78 Å². The molecule has 0 saturated carbocycles. The summed E-state index contributed by atoms with van der Waals surface area (Å²) in [6, 6.07) is 12.3. The highest BCUT2D eigenvalue weighted by Gasteiger charge is 2.21. The molecule has 0 spiro atoms. The minimum absolute atomic E-state index is 0.225. The first-order valence-electron chi connectivity index (χ1n) is 5.57. The zero-order valence-electron chi connectivity index (χ0n) is 9.63. The number of hydrogen-bond donors (Lipinski definition) is 2. The molecule has 0 unspecified atom stereocenters. The summed E-state index contributed by atoms with van der Waals surface area (Å²) in [5, 5.41) is 11.2. The maximum Gasteiger partial charge on any atom is 0.182 e. The van der Waals surface area contributed by atoms with Crippen molar-refractivity contribution in [1.29, 1.82) is 0 Å². The van der Waals surface area contributed by atoms with E-state index in [9.17, 15) is 9.90 Å². The van der Waals surface area contributed by atoms with Crippen molar-refractivity contribution in [3.63, 3.8) is 0 Å². The van der Waals surface area contributed by atoms with Crippen LogP contribution in [0.2, 0.25) is 0 Å². The average molecular weight is 229 g/mol. The average Bonchev–Trinajstić information content (AvgIpc) is 2.36. The smallest absolute Gasteiger partial charge is 0.182 e. The van der Waals surface area contributed by atoms with E-state index < -0.39 is 12.1 Å². The zero-order chi connectivity index (χ0) is 12.4. The van der Waals surface area contributed by atoms with Crippen molar-refractivity contribution in [2.24, 2.45) is 5.73 Å². The van der Waals surface area contributed by atoms with Crippen LogP contribution in [0.5, 0.6) is 0 Å². The minimum Gasteiger partial charge on any atom is -0.391 e. The van der Waals surface area contributed by atoms with Crippen molar-refractivity contribution in [1.82, 2.24) is 0 Å². The van der Waals surface area contributed by atoms with Gasteiger partial charge in [0.05, 0.1) is 12.1 Å². The summed E-state index contributed by atoms with van der Waals surface area (Å²) in [5.41, 5.74) is 6.25. The Kier molecular flexibility index (Phi) is 3.22. The number of ketones is 1. The van der Waals surface area contributed by atoms with E-state index in [1.54, 1.807) is 6.07 Å². The second-order valence-electron chi connectivity index (χ2n) is 4.16. The molecule has 0 aliphatic heterocycles. The van der Waals surface area contributed by atoms with Gasteiger partial charge in [-0.25, -0.2) is 0 Å². The van der Waals surface area contributed by atoms with Crippen LogP contribution in [-0.4, -0.2) is 23.0 Å². The number of aliphatic hydroxyl groups is 1. The second-order valence-corrected chi connectivity index (χ2v) is 4.16. The molecule has 0 heterocycles. The molecule has 3 N–H and O–H groups in total. The van der Waals surface area contributed by atoms with Gasteiger partial charge in [0, 0.05) is 5.56 Å². The molecule has 0 aliphatic carbocycles. The molecule has 2 aromatic carbocycles. The lowest BCUT2D eigenvalue weighted by Gasteiger charge is -2.14. The number of rotatable bonds is 3. The van der Waals surface area contributed by atoms with E-state index in [0.29, 0.717) is 5.56 Å². The van der Waals surface area contributed by atoms with Crippen LogP contribution >= 0.6 is 0 Å². The largest absolute Gasteiger partial charge is 0.391 e. The van der Waals surface area contributed by atoms with E-state index in [1.807, 2.05) is 36.4 Å². The number of aliphatic hydroxyl groups excluding tert-OH is 1. The molecule has 2 rings (SSSR count). The number of nitrogens with two attached hydrogens (primary N) is 1. The number of carbonyl (C=O) groups is 1. The Morgan fingerprint density at radius 1 is 1.18 bits per heavy atom. The molecular weight excluding hydrogens is 214 g/mol. The van der Waals surface area contributed by atoms with Gasteiger partial charge < -0.3 is 10.8 Å². The monoisotopic (exact) mass is 229 g/mol. The summed E-state index contributed by atoms with van der Waals surface area (Å²) in [5.74, 6) is -0.225. The number of Topliss-reactive ketones (excluding diaryl/α,β-unsaturated/α-hetero) is 1. The third-order valence-corrected chi connectivity index (χ3v) is 2.88. The highest BCUT2D eigenvalue weighted by Crippen LogP contribution is 2.20. The molecular formula is C14H15NO2. The quantitative estimate of drug-likeness (QED) is 0.788. The van der Waals surface area contributed by atoms with Gasteiger partial charge >= 0.3 is 0 Å². The molecule has 0 radical (unpaired) electrons. The molecule has 0 saturated heterocycles. The van der Waals surface area contributed by atoms with E-state index in [1.165, 1.54) is 6.92 Å². The predicted octanol–water partition coefficient (Wildman–Crippen LogP) is 1.73. The maximum atomic E-state index is 12.1. The van der Waals surface area contributed by atoms with E-state index in [4.69, 9.17) is 5.73 Å². The number of benzene rings is 2. The van der Waals surface area contributed by atoms with Gasteiger partial charge in [-0.05, 0) is 17.7 Å². The SMILES string of the molecule is C[C@@H](O)[C@H](N)C(=O)c1cccc2ccccc12. The van der Waals surface area contributed by atoms with Crippen molar-refractivity contribution < 1.29 is 9.90 Å². The van der Waals surface area contributed by atoms with E-state index >= 15 is 0 Å². The molecule has 88 valence electrons.